The number of nitrogens with two attached hydrogens (primary N) is 1. The van der Waals surface area contributed by atoms with E-state index in [1.807, 2.05) is 0 Å². The number of anilines is 1. The van der Waals surface area contributed by atoms with E-state index in [0.29, 0.717) is 5.01 Å². The third-order valence-corrected chi connectivity index (χ3v) is 3.56. The summed E-state index contributed by atoms with van der Waals surface area (Å²) in [5, 5.41) is 15.1. The highest BCUT2D eigenvalue weighted by Gasteiger charge is 2.16. The van der Waals surface area contributed by atoms with E-state index in [4.69, 9.17) is 5.73 Å². The van der Waals surface area contributed by atoms with E-state index in [-0.39, 0.29) is 22.1 Å². The molecular weight excluding hydrogens is 328 g/mol. The quantitative estimate of drug-likeness (QED) is 0.555. The first-order valence-corrected chi connectivity index (χ1v) is 7.01. The monoisotopic (exact) mass is 338 g/mol. The van der Waals surface area contributed by atoms with E-state index in [1.54, 1.807) is 12.1 Å². The topological polar surface area (TPSA) is 136 Å². The number of hydrogen-bond acceptors (Lipinski definition) is 6. The minimum absolute atomic E-state index is 0.0853. The summed E-state index contributed by atoms with van der Waals surface area (Å²) in [7, 11) is 0. The van der Waals surface area contributed by atoms with Gasteiger partial charge < -0.3 is 5.73 Å². The van der Waals surface area contributed by atoms with Gasteiger partial charge in [-0.3, -0.25) is 19.7 Å². The molecule has 0 aliphatic rings. The lowest BCUT2D eigenvalue weighted by molar-refractivity contribution is -0.384. The molecule has 0 heterocycles. The van der Waals surface area contributed by atoms with Crippen LogP contribution in [-0.2, 0) is 0 Å². The fourth-order valence-electron chi connectivity index (χ4n) is 2.38. The fraction of sp³-hybridized carbons (Fsp3) is 0. The number of non-ortho nitro benzene ring substituents is 1. The molecule has 0 unspecified atom stereocenters. The van der Waals surface area contributed by atoms with Crippen LogP contribution in [0.2, 0.25) is 0 Å². The number of primary amides is 1. The smallest absolute Gasteiger partial charge is 0.340 e. The average molecular weight is 338 g/mol. The zero-order chi connectivity index (χ0) is 18.1. The van der Waals surface area contributed by atoms with Crippen LogP contribution in [0.4, 0.5) is 16.2 Å². The first kappa shape index (κ1) is 16.0. The first-order valence-electron chi connectivity index (χ1n) is 7.01. The summed E-state index contributed by atoms with van der Waals surface area (Å²) < 4.78 is 0. The van der Waals surface area contributed by atoms with Gasteiger partial charge in [-0.05, 0) is 12.1 Å². The van der Waals surface area contributed by atoms with E-state index in [9.17, 15) is 24.5 Å². The Balaban J connectivity index is 2.20. The van der Waals surface area contributed by atoms with Gasteiger partial charge in [-0.2, -0.15) is 10.1 Å². The molecule has 3 aromatic rings. The normalized spacial score (nSPS) is 10.6. The van der Waals surface area contributed by atoms with E-state index in [2.05, 4.69) is 5.10 Å². The number of nitro groups is 1. The molecule has 9 heteroatoms. The minimum atomic E-state index is -1.04. The van der Waals surface area contributed by atoms with Gasteiger partial charge >= 0.3 is 6.03 Å². The van der Waals surface area contributed by atoms with E-state index < -0.39 is 27.2 Å². The Morgan fingerprint density at radius 1 is 1.00 bits per heavy atom. The van der Waals surface area contributed by atoms with Crippen molar-refractivity contribution in [1.82, 2.24) is 0 Å². The molecule has 0 aliphatic carbocycles. The molecule has 3 aromatic carbocycles. The predicted octanol–water partition coefficient (Wildman–Crippen LogP) is 0.745. The summed E-state index contributed by atoms with van der Waals surface area (Å²) in [6.45, 7) is 0. The van der Waals surface area contributed by atoms with Gasteiger partial charge in [0.25, 0.3) is 5.69 Å². The summed E-state index contributed by atoms with van der Waals surface area (Å²) in [6.07, 6.45) is 0. The Hall–Kier alpha value is -3.88. The highest BCUT2D eigenvalue weighted by molar-refractivity contribution is 5.90. The lowest BCUT2D eigenvalue weighted by Crippen LogP contribution is -2.40. The summed E-state index contributed by atoms with van der Waals surface area (Å²) >= 11 is 0. The Bertz CT molecular complexity index is 1090. The van der Waals surface area contributed by atoms with Crippen molar-refractivity contribution in [3.63, 3.8) is 0 Å². The zero-order valence-corrected chi connectivity index (χ0v) is 12.6. The van der Waals surface area contributed by atoms with Gasteiger partial charge in [-0.1, -0.05) is 24.3 Å². The molecule has 25 heavy (non-hydrogen) atoms. The van der Waals surface area contributed by atoms with Gasteiger partial charge in [0.1, 0.15) is 0 Å². The maximum absolute atomic E-state index is 12.3. The second-order valence-electron chi connectivity index (χ2n) is 5.08. The fourth-order valence-corrected chi connectivity index (χ4v) is 2.38. The Kier molecular flexibility index (Phi) is 3.82. The molecule has 0 aliphatic heterocycles. The number of nitro benzene ring substituents is 1. The van der Waals surface area contributed by atoms with E-state index in [0.717, 1.165) is 12.1 Å². The molecule has 0 aromatic heterocycles. The number of hydrogen-bond donors (Lipinski definition) is 1. The maximum Gasteiger partial charge on any atom is 0.340 e. The third kappa shape index (κ3) is 2.74. The summed E-state index contributed by atoms with van der Waals surface area (Å²) in [5.74, 6) is 0. The van der Waals surface area contributed by atoms with Gasteiger partial charge in [-0.25, -0.2) is 4.79 Å². The molecule has 3 rings (SSSR count). The van der Waals surface area contributed by atoms with Crippen LogP contribution in [-0.4, -0.2) is 11.0 Å². The molecule has 0 spiro atoms. The van der Waals surface area contributed by atoms with Crippen molar-refractivity contribution in [3.8, 4) is 0 Å². The van der Waals surface area contributed by atoms with Crippen LogP contribution >= 0.6 is 0 Å². The molecule has 0 atom stereocenters. The number of nitrogens with zero attached hydrogens (tertiary/aromatic N) is 3. The van der Waals surface area contributed by atoms with Gasteiger partial charge in [0.15, 0.2) is 5.36 Å². The van der Waals surface area contributed by atoms with Gasteiger partial charge in [-0.15, -0.1) is 0 Å². The minimum Gasteiger partial charge on any atom is -0.350 e. The molecule has 0 fully saturated rings. The van der Waals surface area contributed by atoms with Crippen LogP contribution in [0.3, 0.4) is 0 Å². The molecule has 2 amide bonds. The largest absolute Gasteiger partial charge is 0.350 e. The number of benzene rings is 2. The number of urea groups is 1. The third-order valence-electron chi connectivity index (χ3n) is 3.56. The average Bonchev–Trinajstić information content (AvgIpc) is 2.84. The lowest BCUT2D eigenvalue weighted by Gasteiger charge is -2.13. The van der Waals surface area contributed by atoms with Crippen molar-refractivity contribution in [2.24, 2.45) is 10.8 Å². The molecule has 0 bridgehead atoms. The van der Waals surface area contributed by atoms with E-state index in [1.165, 1.54) is 24.3 Å². The predicted molar refractivity (Wildman–Crippen MR) is 89.6 cm³/mol. The Morgan fingerprint density at radius 3 is 1.96 bits per heavy atom. The van der Waals surface area contributed by atoms with Crippen LogP contribution in [0.5, 0.6) is 0 Å². The lowest BCUT2D eigenvalue weighted by atomic mass is 10.2. The van der Waals surface area contributed by atoms with Crippen molar-refractivity contribution in [2.45, 2.75) is 0 Å². The van der Waals surface area contributed by atoms with Gasteiger partial charge in [0.05, 0.1) is 10.6 Å². The molecule has 9 nitrogen and oxygen atoms in total. The molecule has 0 saturated carbocycles. The van der Waals surface area contributed by atoms with Crippen LogP contribution in [0, 0.1) is 10.1 Å². The van der Waals surface area contributed by atoms with Crippen LogP contribution < -0.4 is 27.0 Å². The van der Waals surface area contributed by atoms with Crippen LogP contribution in [0.15, 0.2) is 63.2 Å². The summed E-state index contributed by atoms with van der Waals surface area (Å²) in [4.78, 5) is 46.4. The van der Waals surface area contributed by atoms with Crippen LogP contribution in [0.1, 0.15) is 0 Å². The number of amides is 2. The molecule has 0 radical (unpaired) electrons. The van der Waals surface area contributed by atoms with Crippen molar-refractivity contribution >= 4 is 28.2 Å². The Morgan fingerprint density at radius 2 is 1.52 bits per heavy atom. The number of carbonyl (C=O) groups excluding carboxylic acids is 1. The number of fused-ring (bicyclic) bond motifs is 1. The second kappa shape index (κ2) is 5.96. The van der Waals surface area contributed by atoms with Crippen molar-refractivity contribution < 1.29 is 9.72 Å². The number of carbonyl (C=O) groups is 1. The molecule has 124 valence electrons. The zero-order valence-electron chi connectivity index (χ0n) is 12.6. The van der Waals surface area contributed by atoms with Gasteiger partial charge in [0.2, 0.25) is 10.9 Å². The highest BCUT2D eigenvalue weighted by atomic mass is 16.6. The SMILES string of the molecule is NC(=O)N(N=c1c(=O)c2ccccc2c1=O)c1ccc([N+](=O)[O-])cc1. The second-order valence-corrected chi connectivity index (χ2v) is 5.08. The maximum atomic E-state index is 12.3. The van der Waals surface area contributed by atoms with Crippen molar-refractivity contribution in [3.05, 3.63) is 84.4 Å². The summed E-state index contributed by atoms with van der Waals surface area (Å²) in [5.41, 5.74) is 3.92. The van der Waals surface area contributed by atoms with Crippen LogP contribution in [0.25, 0.3) is 10.8 Å². The standard InChI is InChI=1S/C16H10N4O5/c17-16(23)19(9-5-7-10(8-6-9)20(24)25)18-13-14(21)11-3-1-2-4-12(11)15(13)22/h1-8H,(H2,17,23). The van der Waals surface area contributed by atoms with Crippen molar-refractivity contribution in [1.29, 1.82) is 0 Å². The molecule has 0 saturated heterocycles. The molecule has 2 N–H and O–H groups in total. The molecular formula is C16H10N4O5. The highest BCUT2D eigenvalue weighted by Crippen LogP contribution is 2.19. The number of rotatable bonds is 3. The Labute approximate surface area is 139 Å². The van der Waals surface area contributed by atoms with E-state index >= 15 is 0 Å². The summed E-state index contributed by atoms with van der Waals surface area (Å²) in [6, 6.07) is 9.92. The first-order chi connectivity index (χ1) is 11.9. The van der Waals surface area contributed by atoms with Crippen molar-refractivity contribution in [2.75, 3.05) is 5.01 Å². The van der Waals surface area contributed by atoms with Gasteiger partial charge in [0, 0.05) is 22.9 Å².